The van der Waals surface area contributed by atoms with E-state index in [0.29, 0.717) is 5.75 Å². The first-order valence-corrected chi connectivity index (χ1v) is 18.7. The molecule has 0 fully saturated rings. The lowest BCUT2D eigenvalue weighted by atomic mass is 9.92. The summed E-state index contributed by atoms with van der Waals surface area (Å²) in [6.45, 7) is 7.84. The van der Waals surface area contributed by atoms with Crippen LogP contribution in [0.1, 0.15) is 76.5 Å². The number of thiocarbonyl (C=S) groups is 2. The van der Waals surface area contributed by atoms with Crippen LogP contribution in [0.2, 0.25) is 0 Å². The topological polar surface area (TPSA) is 17.1 Å². The molecule has 47 heavy (non-hydrogen) atoms. The summed E-state index contributed by atoms with van der Waals surface area (Å²) in [7, 11) is 0. The molecule has 256 valence electrons. The first-order valence-electron chi connectivity index (χ1n) is 13.9. The summed E-state index contributed by atoms with van der Waals surface area (Å²) >= 11 is 17.3. The molecule has 0 N–H and O–H groups in total. The molecule has 1 atom stereocenters. The summed E-state index contributed by atoms with van der Waals surface area (Å²) in [6.07, 6.45) is 1.83. The fraction of sp³-hybridized carbons (Fsp3) is 0.275. The predicted molar refractivity (Wildman–Crippen MR) is 235 cm³/mol. The molecule has 7 heteroatoms. The predicted octanol–water partition coefficient (Wildman–Crippen LogP) is 14.3. The zero-order valence-electron chi connectivity index (χ0n) is 24.6. The molecule has 1 nitrogen and oxygen atoms in total. The Balaban J connectivity index is -0.000000663. The van der Waals surface area contributed by atoms with Crippen molar-refractivity contribution in [2.75, 3.05) is 17.3 Å². The van der Waals surface area contributed by atoms with Crippen molar-refractivity contribution >= 4 is 90.4 Å². The zero-order valence-corrected chi connectivity index (χ0v) is 29.5. The molecule has 0 spiro atoms. The van der Waals surface area contributed by atoms with E-state index in [1.54, 1.807) is 47.0 Å². The van der Waals surface area contributed by atoms with Crippen molar-refractivity contribution in [2.45, 2.75) is 55.2 Å². The van der Waals surface area contributed by atoms with Gasteiger partial charge in [0.15, 0.2) is 5.78 Å². The van der Waals surface area contributed by atoms with Crippen LogP contribution in [0.4, 0.5) is 0 Å². The second-order valence-corrected chi connectivity index (χ2v) is 15.7. The minimum atomic E-state index is -0.163. The van der Waals surface area contributed by atoms with Crippen molar-refractivity contribution < 1.29 is 4.79 Å². The molecule has 0 heterocycles. The third-order valence-electron chi connectivity index (χ3n) is 5.70. The lowest BCUT2D eigenvalue weighted by Crippen LogP contribution is -2.16. The quantitative estimate of drug-likeness (QED) is 0.117. The van der Waals surface area contributed by atoms with Gasteiger partial charge < -0.3 is 0 Å². The molecule has 0 saturated carbocycles. The van der Waals surface area contributed by atoms with Gasteiger partial charge in [0, 0.05) is 17.1 Å². The smallest absolute Gasteiger partial charge is 0.171 e. The van der Waals surface area contributed by atoms with Gasteiger partial charge in [0.2, 0.25) is 0 Å². The average molecular weight is 743 g/mol. The monoisotopic (exact) mass is 742 g/mol. The Morgan fingerprint density at radius 1 is 0.638 bits per heavy atom. The van der Waals surface area contributed by atoms with Crippen LogP contribution in [0.25, 0.3) is 6.08 Å². The van der Waals surface area contributed by atoms with Gasteiger partial charge in [0.05, 0.1) is 5.92 Å². The van der Waals surface area contributed by atoms with Crippen LogP contribution in [0.15, 0.2) is 128 Å². The second-order valence-electron chi connectivity index (χ2n) is 8.76. The summed E-state index contributed by atoms with van der Waals surface area (Å²) in [4.78, 5) is 12.9. The standard InChI is InChI=1S/C18H18OS3.C10H12S3.C8H8.4CH4/c1-2-21-18(20)22-13-16(14-9-5-3-6-10-14)17(19)15-11-7-4-8-12-15;1-2-12-10(11)13-8-9-6-4-3-5-7-9;1-2-8-6-4-3-5-7-8;;;;/h3-12,16H,2,13H2,1H3;3-7H,2,8H2,1H3;2-7H,1H2;4*1H4. The van der Waals surface area contributed by atoms with E-state index in [-0.39, 0.29) is 41.4 Å². The molecule has 4 aromatic carbocycles. The SMILES string of the molecule is C.C.C.C.C=Cc1ccccc1.CCSC(=S)SCC(C(=O)c1ccccc1)c1ccccc1.CCSC(=S)SCc1ccccc1. The number of thioether (sulfide) groups is 4. The maximum atomic E-state index is 12.9. The van der Waals surface area contributed by atoms with Gasteiger partial charge >= 0.3 is 0 Å². The maximum Gasteiger partial charge on any atom is 0.171 e. The molecule has 0 aromatic heterocycles. The number of carbonyl (C=O) groups is 1. The third-order valence-corrected chi connectivity index (χ3v) is 11.0. The van der Waals surface area contributed by atoms with Crippen LogP contribution in [-0.2, 0) is 5.75 Å². The maximum absolute atomic E-state index is 12.9. The lowest BCUT2D eigenvalue weighted by molar-refractivity contribution is 0.0968. The van der Waals surface area contributed by atoms with Gasteiger partial charge in [-0.25, -0.2) is 0 Å². The average Bonchev–Trinajstić information content (AvgIpc) is 3.06. The van der Waals surface area contributed by atoms with Crippen molar-refractivity contribution in [3.05, 3.63) is 150 Å². The van der Waals surface area contributed by atoms with E-state index in [4.69, 9.17) is 24.4 Å². The van der Waals surface area contributed by atoms with E-state index < -0.39 is 0 Å². The van der Waals surface area contributed by atoms with Crippen LogP contribution in [0, 0.1) is 0 Å². The molecular weight excluding hydrogens is 689 g/mol. The van der Waals surface area contributed by atoms with Gasteiger partial charge in [-0.3, -0.25) is 4.79 Å². The van der Waals surface area contributed by atoms with E-state index in [0.717, 1.165) is 35.4 Å². The fourth-order valence-electron chi connectivity index (χ4n) is 3.59. The van der Waals surface area contributed by atoms with Gasteiger partial charge in [-0.2, -0.15) is 0 Å². The van der Waals surface area contributed by atoms with E-state index in [1.807, 2.05) is 103 Å². The summed E-state index contributed by atoms with van der Waals surface area (Å²) in [5.41, 5.74) is 4.32. The highest BCUT2D eigenvalue weighted by molar-refractivity contribution is 8.47. The van der Waals surface area contributed by atoms with Gasteiger partial charge in [0.25, 0.3) is 0 Å². The Morgan fingerprint density at radius 2 is 1.06 bits per heavy atom. The Labute approximate surface area is 315 Å². The van der Waals surface area contributed by atoms with Crippen LogP contribution < -0.4 is 0 Å². The van der Waals surface area contributed by atoms with Crippen LogP contribution in [0.3, 0.4) is 0 Å². The molecule has 4 rings (SSSR count). The number of hydrogen-bond donors (Lipinski definition) is 0. The highest BCUT2D eigenvalue weighted by Gasteiger charge is 2.22. The number of benzene rings is 4. The molecular formula is C40H54OS6. The number of Topliss-reactive ketones (excluding diaryl/α,β-unsaturated/α-hetero) is 1. The third kappa shape index (κ3) is 21.5. The lowest BCUT2D eigenvalue weighted by Gasteiger charge is -2.16. The van der Waals surface area contributed by atoms with Gasteiger partial charge in [-0.15, -0.1) is 47.0 Å². The normalized spacial score (nSPS) is 9.74. The minimum Gasteiger partial charge on any atom is -0.293 e. The van der Waals surface area contributed by atoms with E-state index >= 15 is 0 Å². The van der Waals surface area contributed by atoms with Crippen molar-refractivity contribution in [1.29, 1.82) is 0 Å². The molecule has 0 aliphatic heterocycles. The number of rotatable bonds is 10. The van der Waals surface area contributed by atoms with Gasteiger partial charge in [-0.1, -0.05) is 202 Å². The Kier molecular flexibility index (Phi) is 32.7. The van der Waals surface area contributed by atoms with E-state index in [2.05, 4.69) is 44.7 Å². The Hall–Kier alpha value is -2.13. The minimum absolute atomic E-state index is 0. The summed E-state index contributed by atoms with van der Waals surface area (Å²) in [6, 6.07) is 39.9. The zero-order chi connectivity index (χ0) is 31.1. The largest absolute Gasteiger partial charge is 0.293 e. The first kappa shape index (κ1) is 49.3. The second kappa shape index (κ2) is 31.2. The molecule has 0 bridgehead atoms. The van der Waals surface area contributed by atoms with Crippen molar-refractivity contribution in [3.8, 4) is 0 Å². The molecule has 0 radical (unpaired) electrons. The van der Waals surface area contributed by atoms with Crippen LogP contribution in [-0.4, -0.2) is 30.1 Å². The Morgan fingerprint density at radius 3 is 1.51 bits per heavy atom. The Bertz CT molecular complexity index is 1350. The van der Waals surface area contributed by atoms with Crippen molar-refractivity contribution in [1.82, 2.24) is 0 Å². The molecule has 4 aromatic rings. The van der Waals surface area contributed by atoms with E-state index in [9.17, 15) is 4.79 Å². The highest BCUT2D eigenvalue weighted by Crippen LogP contribution is 2.28. The fourth-order valence-corrected chi connectivity index (χ4v) is 8.03. The van der Waals surface area contributed by atoms with Crippen molar-refractivity contribution in [2.24, 2.45) is 0 Å². The summed E-state index contributed by atoms with van der Waals surface area (Å²) in [5.74, 6) is 3.71. The summed E-state index contributed by atoms with van der Waals surface area (Å²) in [5, 5.41) is 0. The van der Waals surface area contributed by atoms with E-state index in [1.165, 1.54) is 11.1 Å². The first-order chi connectivity index (χ1) is 21.0. The van der Waals surface area contributed by atoms with Crippen LogP contribution in [0.5, 0.6) is 0 Å². The van der Waals surface area contributed by atoms with Crippen molar-refractivity contribution in [3.63, 3.8) is 0 Å². The van der Waals surface area contributed by atoms with Crippen LogP contribution >= 0.6 is 71.5 Å². The molecule has 0 aliphatic carbocycles. The van der Waals surface area contributed by atoms with Gasteiger partial charge in [0.1, 0.15) is 7.06 Å². The molecule has 1 unspecified atom stereocenters. The summed E-state index contributed by atoms with van der Waals surface area (Å²) < 4.78 is 1.95. The van der Waals surface area contributed by atoms with Gasteiger partial charge in [-0.05, 0) is 28.2 Å². The highest BCUT2D eigenvalue weighted by atomic mass is 32.2. The number of ketones is 1. The molecule has 0 aliphatic rings. The number of hydrogen-bond acceptors (Lipinski definition) is 7. The molecule has 0 amide bonds. The number of carbonyl (C=O) groups excluding carboxylic acids is 1. The molecule has 0 saturated heterocycles.